The summed E-state index contributed by atoms with van der Waals surface area (Å²) in [6.07, 6.45) is 2.37. The number of carbonyl (C=O) groups is 1. The lowest BCUT2D eigenvalue weighted by atomic mass is 9.97. The predicted octanol–water partition coefficient (Wildman–Crippen LogP) is 1.40. The van der Waals surface area contributed by atoms with Crippen molar-refractivity contribution in [3.63, 3.8) is 0 Å². The highest BCUT2D eigenvalue weighted by atomic mass is 35.5. The highest BCUT2D eigenvalue weighted by Crippen LogP contribution is 2.15. The molecule has 112 valence electrons. The van der Waals surface area contributed by atoms with E-state index in [1.165, 1.54) is 18.4 Å². The number of halogens is 1. The molecule has 2 rings (SSSR count). The van der Waals surface area contributed by atoms with Gasteiger partial charge in [-0.2, -0.15) is 0 Å². The van der Waals surface area contributed by atoms with E-state index in [2.05, 4.69) is 22.3 Å². The summed E-state index contributed by atoms with van der Waals surface area (Å²) < 4.78 is 0. The van der Waals surface area contributed by atoms with Crippen molar-refractivity contribution in [3.8, 4) is 0 Å². The Hall–Kier alpha value is -1.10. The second-order valence-corrected chi connectivity index (χ2v) is 5.31. The van der Waals surface area contributed by atoms with Crippen molar-refractivity contribution in [3.05, 3.63) is 35.9 Å². The molecule has 0 aromatic heterocycles. The number of amides is 1. The summed E-state index contributed by atoms with van der Waals surface area (Å²) in [4.78, 5) is 13.4. The molecule has 0 saturated carbocycles. The lowest BCUT2D eigenvalue weighted by molar-refractivity contribution is -0.119. The number of hydrogen-bond acceptors (Lipinski definition) is 3. The molecule has 1 aromatic rings. The van der Waals surface area contributed by atoms with Crippen LogP contribution in [0, 0.1) is 5.92 Å². The van der Waals surface area contributed by atoms with Gasteiger partial charge in [0, 0.05) is 13.1 Å². The van der Waals surface area contributed by atoms with Crippen molar-refractivity contribution in [2.45, 2.75) is 19.4 Å². The summed E-state index contributed by atoms with van der Waals surface area (Å²) in [5, 5.41) is 3.37. The Labute approximate surface area is 127 Å². The number of primary amides is 1. The third-order valence-corrected chi connectivity index (χ3v) is 3.60. The van der Waals surface area contributed by atoms with Gasteiger partial charge in [0.05, 0.1) is 6.54 Å². The van der Waals surface area contributed by atoms with Crippen molar-refractivity contribution < 1.29 is 4.79 Å². The lowest BCUT2D eigenvalue weighted by Gasteiger charge is -2.29. The predicted molar refractivity (Wildman–Crippen MR) is 83.8 cm³/mol. The average molecular weight is 298 g/mol. The molecule has 0 unspecified atom stereocenters. The van der Waals surface area contributed by atoms with E-state index in [4.69, 9.17) is 5.73 Å². The van der Waals surface area contributed by atoms with Crippen LogP contribution in [-0.2, 0) is 11.3 Å². The molecule has 1 aliphatic heterocycles. The molecule has 0 bridgehead atoms. The fraction of sp³-hybridized carbons (Fsp3) is 0.533. The molecular weight excluding hydrogens is 274 g/mol. The van der Waals surface area contributed by atoms with Crippen LogP contribution in [0.2, 0.25) is 0 Å². The van der Waals surface area contributed by atoms with Gasteiger partial charge >= 0.3 is 0 Å². The maximum Gasteiger partial charge on any atom is 0.231 e. The lowest BCUT2D eigenvalue weighted by Crippen LogP contribution is -2.39. The van der Waals surface area contributed by atoms with Crippen molar-refractivity contribution in [1.82, 2.24) is 10.2 Å². The molecule has 0 spiro atoms. The fourth-order valence-electron chi connectivity index (χ4n) is 2.68. The minimum atomic E-state index is -0.245. The molecule has 0 radical (unpaired) electrons. The number of nitrogens with zero attached hydrogens (tertiary/aromatic N) is 1. The molecule has 1 aromatic carbocycles. The Balaban J connectivity index is 0.00000200. The van der Waals surface area contributed by atoms with Gasteiger partial charge in [-0.25, -0.2) is 0 Å². The Kier molecular flexibility index (Phi) is 7.59. The standard InChI is InChI=1S/C15H23N3O.ClH/c16-15(19)12-18(10-13-4-2-1-3-5-13)11-14-6-8-17-9-7-14;/h1-5,14,17H,6-12H2,(H2,16,19);1H. The molecule has 1 saturated heterocycles. The van der Waals surface area contributed by atoms with Crippen LogP contribution >= 0.6 is 12.4 Å². The SMILES string of the molecule is Cl.NC(=O)CN(Cc1ccccc1)CC1CCNCC1. The topological polar surface area (TPSA) is 58.4 Å². The van der Waals surface area contributed by atoms with Crippen LogP contribution in [0.15, 0.2) is 30.3 Å². The number of piperidine rings is 1. The van der Waals surface area contributed by atoms with Gasteiger partial charge in [0.2, 0.25) is 5.91 Å². The third-order valence-electron chi connectivity index (χ3n) is 3.60. The average Bonchev–Trinajstić information content (AvgIpc) is 2.40. The van der Waals surface area contributed by atoms with Crippen molar-refractivity contribution in [2.75, 3.05) is 26.2 Å². The monoisotopic (exact) mass is 297 g/mol. The van der Waals surface area contributed by atoms with E-state index in [-0.39, 0.29) is 18.3 Å². The molecular formula is C15H24ClN3O. The van der Waals surface area contributed by atoms with Gasteiger partial charge < -0.3 is 11.1 Å². The molecule has 1 aliphatic rings. The molecule has 1 amide bonds. The second kappa shape index (κ2) is 8.95. The number of rotatable bonds is 6. The summed E-state index contributed by atoms with van der Waals surface area (Å²) in [6, 6.07) is 10.3. The number of nitrogens with one attached hydrogen (secondary N) is 1. The van der Waals surface area contributed by atoms with Crippen molar-refractivity contribution in [2.24, 2.45) is 11.7 Å². The van der Waals surface area contributed by atoms with Crippen LogP contribution in [-0.4, -0.2) is 37.0 Å². The van der Waals surface area contributed by atoms with Crippen LogP contribution < -0.4 is 11.1 Å². The summed E-state index contributed by atoms with van der Waals surface area (Å²) in [6.45, 7) is 4.27. The molecule has 0 aliphatic carbocycles. The van der Waals surface area contributed by atoms with E-state index in [0.717, 1.165) is 26.2 Å². The first-order chi connectivity index (χ1) is 9.24. The first-order valence-electron chi connectivity index (χ1n) is 6.99. The number of hydrogen-bond donors (Lipinski definition) is 2. The summed E-state index contributed by atoms with van der Waals surface area (Å²) in [5.74, 6) is 0.425. The minimum absolute atomic E-state index is 0. The van der Waals surface area contributed by atoms with Gasteiger partial charge in [0.25, 0.3) is 0 Å². The van der Waals surface area contributed by atoms with Crippen LogP contribution in [0.25, 0.3) is 0 Å². The van der Waals surface area contributed by atoms with Crippen LogP contribution in [0.3, 0.4) is 0 Å². The number of carbonyl (C=O) groups excluding carboxylic acids is 1. The zero-order valence-corrected chi connectivity index (χ0v) is 12.6. The van der Waals surface area contributed by atoms with Gasteiger partial charge in [-0.05, 0) is 37.4 Å². The molecule has 1 heterocycles. The zero-order chi connectivity index (χ0) is 13.5. The van der Waals surface area contributed by atoms with Crippen molar-refractivity contribution >= 4 is 18.3 Å². The van der Waals surface area contributed by atoms with E-state index in [1.807, 2.05) is 18.2 Å². The normalized spacial score (nSPS) is 15.8. The first kappa shape index (κ1) is 17.0. The van der Waals surface area contributed by atoms with E-state index < -0.39 is 0 Å². The van der Waals surface area contributed by atoms with E-state index in [1.54, 1.807) is 0 Å². The maximum atomic E-state index is 11.2. The Bertz CT molecular complexity index is 393. The first-order valence-corrected chi connectivity index (χ1v) is 6.99. The molecule has 5 heteroatoms. The van der Waals surface area contributed by atoms with Gasteiger partial charge in [-0.3, -0.25) is 9.69 Å². The zero-order valence-electron chi connectivity index (χ0n) is 11.8. The number of benzene rings is 1. The van der Waals surface area contributed by atoms with E-state index in [0.29, 0.717) is 12.5 Å². The molecule has 0 atom stereocenters. The molecule has 4 nitrogen and oxygen atoms in total. The molecule has 20 heavy (non-hydrogen) atoms. The largest absolute Gasteiger partial charge is 0.369 e. The summed E-state index contributed by atoms with van der Waals surface area (Å²) in [5.41, 5.74) is 6.59. The Morgan fingerprint density at radius 3 is 2.50 bits per heavy atom. The van der Waals surface area contributed by atoms with Gasteiger partial charge in [-0.1, -0.05) is 30.3 Å². The quantitative estimate of drug-likeness (QED) is 0.834. The van der Waals surface area contributed by atoms with Gasteiger partial charge in [-0.15, -0.1) is 12.4 Å². The van der Waals surface area contributed by atoms with Gasteiger partial charge in [0.15, 0.2) is 0 Å². The fourth-order valence-corrected chi connectivity index (χ4v) is 2.68. The maximum absolute atomic E-state index is 11.2. The van der Waals surface area contributed by atoms with Crippen LogP contribution in [0.1, 0.15) is 18.4 Å². The van der Waals surface area contributed by atoms with Crippen LogP contribution in [0.5, 0.6) is 0 Å². The summed E-state index contributed by atoms with van der Waals surface area (Å²) >= 11 is 0. The molecule has 3 N–H and O–H groups in total. The minimum Gasteiger partial charge on any atom is -0.369 e. The van der Waals surface area contributed by atoms with Gasteiger partial charge in [0.1, 0.15) is 0 Å². The highest BCUT2D eigenvalue weighted by molar-refractivity contribution is 5.85. The Morgan fingerprint density at radius 2 is 1.90 bits per heavy atom. The smallest absolute Gasteiger partial charge is 0.231 e. The van der Waals surface area contributed by atoms with E-state index in [9.17, 15) is 4.79 Å². The highest BCUT2D eigenvalue weighted by Gasteiger charge is 2.18. The molecule has 1 fully saturated rings. The van der Waals surface area contributed by atoms with Crippen LogP contribution in [0.4, 0.5) is 0 Å². The second-order valence-electron chi connectivity index (χ2n) is 5.31. The summed E-state index contributed by atoms with van der Waals surface area (Å²) in [7, 11) is 0. The Morgan fingerprint density at radius 1 is 1.25 bits per heavy atom. The number of nitrogens with two attached hydrogens (primary N) is 1. The third kappa shape index (κ3) is 5.90. The van der Waals surface area contributed by atoms with Crippen molar-refractivity contribution in [1.29, 1.82) is 0 Å². The van der Waals surface area contributed by atoms with E-state index >= 15 is 0 Å².